The van der Waals surface area contributed by atoms with Crippen LogP contribution in [0.2, 0.25) is 0 Å². The van der Waals surface area contributed by atoms with Crippen molar-refractivity contribution in [2.24, 2.45) is 39.7 Å². The van der Waals surface area contributed by atoms with Crippen molar-refractivity contribution in [3.63, 3.8) is 0 Å². The van der Waals surface area contributed by atoms with Gasteiger partial charge in [-0.1, -0.05) is 24.6 Å². The molecule has 8 atom stereocenters. The van der Waals surface area contributed by atoms with Gasteiger partial charge in [0.25, 0.3) is 0 Å². The van der Waals surface area contributed by atoms with Crippen molar-refractivity contribution in [1.82, 2.24) is 10.2 Å². The quantitative estimate of drug-likeness (QED) is 0.293. The highest BCUT2D eigenvalue weighted by Crippen LogP contribution is 2.66. The molecule has 2 N–H and O–H groups in total. The van der Waals surface area contributed by atoms with Crippen LogP contribution in [0.4, 0.5) is 4.79 Å². The highest BCUT2D eigenvalue weighted by atomic mass is 16.7. The van der Waals surface area contributed by atoms with Gasteiger partial charge in [0.15, 0.2) is 5.78 Å². The van der Waals surface area contributed by atoms with Crippen LogP contribution in [0.25, 0.3) is 0 Å². The lowest BCUT2D eigenvalue weighted by atomic mass is 9.46. The second kappa shape index (κ2) is 10.6. The van der Waals surface area contributed by atoms with E-state index >= 15 is 0 Å². The molecule has 0 bridgehead atoms. The van der Waals surface area contributed by atoms with E-state index in [1.54, 1.807) is 4.90 Å². The van der Waals surface area contributed by atoms with Gasteiger partial charge in [-0.15, -0.1) is 0 Å². The molecule has 0 spiro atoms. The molecular weight excluding hydrogens is 494 g/mol. The first-order valence-electron chi connectivity index (χ1n) is 15.5. The maximum atomic E-state index is 13.2. The van der Waals surface area contributed by atoms with Crippen LogP contribution in [-0.4, -0.2) is 72.1 Å². The smallest absolute Gasteiger partial charge is 0.391 e. The third kappa shape index (κ3) is 4.78. The fraction of sp³-hybridized carbons (Fsp3) is 0.839. The number of nitrogens with zero attached hydrogens (tertiary/aromatic N) is 2. The first kappa shape index (κ1) is 27.4. The Morgan fingerprint density at radius 1 is 1.15 bits per heavy atom. The fourth-order valence-corrected chi connectivity index (χ4v) is 9.63. The molecule has 4 aliphatic carbocycles. The molecule has 6 aliphatic rings. The second-order valence-corrected chi connectivity index (χ2v) is 13.8. The van der Waals surface area contributed by atoms with Crippen LogP contribution in [0, 0.1) is 34.5 Å². The third-order valence-electron chi connectivity index (χ3n) is 12.0. The van der Waals surface area contributed by atoms with E-state index in [0.717, 1.165) is 37.9 Å². The lowest BCUT2D eigenvalue weighted by Gasteiger charge is -2.58. The summed E-state index contributed by atoms with van der Waals surface area (Å²) in [6.07, 6.45) is 11.3. The molecule has 0 aromatic rings. The molecular formula is C31H47N3O5. The lowest BCUT2D eigenvalue weighted by molar-refractivity contribution is -0.117. The summed E-state index contributed by atoms with van der Waals surface area (Å²) in [7, 11) is 0. The number of ether oxygens (including phenoxy) is 1. The normalized spacial score (nSPS) is 42.2. The summed E-state index contributed by atoms with van der Waals surface area (Å²) in [5.74, 6) is 2.68. The van der Waals surface area contributed by atoms with Crippen molar-refractivity contribution >= 4 is 17.6 Å². The number of hydrogen-bond acceptors (Lipinski definition) is 7. The summed E-state index contributed by atoms with van der Waals surface area (Å²) >= 11 is 0. The number of aliphatic hydroxyl groups is 1. The highest BCUT2D eigenvalue weighted by molar-refractivity contribution is 5.91. The minimum atomic E-state index is -0.412. The first-order valence-corrected chi connectivity index (χ1v) is 15.5. The van der Waals surface area contributed by atoms with Crippen molar-refractivity contribution in [1.29, 1.82) is 0 Å². The second-order valence-electron chi connectivity index (χ2n) is 13.8. The molecule has 5 fully saturated rings. The van der Waals surface area contributed by atoms with E-state index in [1.807, 2.05) is 13.0 Å². The zero-order valence-corrected chi connectivity index (χ0v) is 24.0. The summed E-state index contributed by atoms with van der Waals surface area (Å²) < 4.78 is 5.36. The monoisotopic (exact) mass is 541 g/mol. The predicted molar refractivity (Wildman–Crippen MR) is 148 cm³/mol. The van der Waals surface area contributed by atoms with Crippen LogP contribution in [0.1, 0.15) is 85.0 Å². The van der Waals surface area contributed by atoms with E-state index < -0.39 is 6.09 Å². The van der Waals surface area contributed by atoms with Gasteiger partial charge in [0.05, 0.1) is 31.1 Å². The highest BCUT2D eigenvalue weighted by Gasteiger charge is 2.59. The van der Waals surface area contributed by atoms with E-state index in [4.69, 9.17) is 9.57 Å². The molecule has 2 aliphatic heterocycles. The topological polar surface area (TPSA) is 100 Å². The molecule has 0 aromatic heterocycles. The average molecular weight is 542 g/mol. The van der Waals surface area contributed by atoms with Crippen LogP contribution >= 0.6 is 0 Å². The molecule has 6 rings (SSSR count). The van der Waals surface area contributed by atoms with Gasteiger partial charge >= 0.3 is 6.09 Å². The van der Waals surface area contributed by atoms with Gasteiger partial charge < -0.3 is 15.2 Å². The first-order chi connectivity index (χ1) is 18.7. The number of allylic oxidation sites excluding steroid dienone is 1. The molecule has 8 nitrogen and oxygen atoms in total. The van der Waals surface area contributed by atoms with E-state index in [1.165, 1.54) is 31.3 Å². The summed E-state index contributed by atoms with van der Waals surface area (Å²) in [4.78, 5) is 32.6. The van der Waals surface area contributed by atoms with Gasteiger partial charge in [0.2, 0.25) is 0 Å². The zero-order chi connectivity index (χ0) is 27.4. The Hall–Kier alpha value is -1.77. The molecule has 216 valence electrons. The Kier molecular flexibility index (Phi) is 7.43. The van der Waals surface area contributed by atoms with Gasteiger partial charge in [-0.05, 0) is 106 Å². The standard InChI is InChI=1S/C31H47N3O5/c1-19(33-39-29(37)34(21-17-38-18-21)15-11-27-28(36)10-14-32-27)24-6-7-25-23-5-4-20-16-22(35)8-12-30(20,2)26(23)9-13-31(24,25)3/h16,21,23-28,32,36H,4-15,17-18H2,1-3H3/b33-19+/t23-,24+,25-,26-,27?,28?,30-,31+/m0/s1. The number of oxime groups is 1. The number of ketones is 1. The number of aliphatic hydroxyl groups excluding tert-OH is 1. The van der Waals surface area contributed by atoms with Crippen LogP contribution in [0.5, 0.6) is 0 Å². The molecule has 1 amide bonds. The Morgan fingerprint density at radius 2 is 1.97 bits per heavy atom. The van der Waals surface area contributed by atoms with E-state index in [2.05, 4.69) is 24.3 Å². The predicted octanol–water partition coefficient (Wildman–Crippen LogP) is 4.46. The summed E-state index contributed by atoms with van der Waals surface area (Å²) in [5, 5.41) is 18.0. The molecule has 2 heterocycles. The van der Waals surface area contributed by atoms with Crippen LogP contribution in [-0.2, 0) is 14.4 Å². The fourth-order valence-electron chi connectivity index (χ4n) is 9.63. The molecule has 8 heteroatoms. The van der Waals surface area contributed by atoms with Crippen molar-refractivity contribution < 1.29 is 24.3 Å². The number of amides is 1. The van der Waals surface area contributed by atoms with Gasteiger partial charge in [-0.3, -0.25) is 14.5 Å². The number of carbonyl (C=O) groups is 2. The largest absolute Gasteiger partial charge is 0.436 e. The van der Waals surface area contributed by atoms with Gasteiger partial charge in [0.1, 0.15) is 0 Å². The maximum Gasteiger partial charge on any atom is 0.436 e. The van der Waals surface area contributed by atoms with Crippen molar-refractivity contribution in [3.05, 3.63) is 11.6 Å². The molecule has 2 saturated heterocycles. The number of rotatable bonds is 6. The van der Waals surface area contributed by atoms with Crippen LogP contribution in [0.3, 0.4) is 0 Å². The number of nitrogens with one attached hydrogen (secondary N) is 1. The number of hydrogen-bond donors (Lipinski definition) is 2. The van der Waals surface area contributed by atoms with Crippen molar-refractivity contribution in [2.45, 2.75) is 103 Å². The minimum Gasteiger partial charge on any atom is -0.391 e. The lowest BCUT2D eigenvalue weighted by Crippen LogP contribution is -2.53. The molecule has 3 saturated carbocycles. The molecule has 39 heavy (non-hydrogen) atoms. The summed E-state index contributed by atoms with van der Waals surface area (Å²) in [6, 6.07) is 0.0247. The summed E-state index contributed by atoms with van der Waals surface area (Å²) in [5.41, 5.74) is 2.72. The Balaban J connectivity index is 1.11. The molecule has 0 radical (unpaired) electrons. The Labute approximate surface area is 232 Å². The molecule has 0 aromatic carbocycles. The zero-order valence-electron chi connectivity index (χ0n) is 24.0. The maximum absolute atomic E-state index is 13.2. The van der Waals surface area contributed by atoms with Crippen molar-refractivity contribution in [3.8, 4) is 0 Å². The van der Waals surface area contributed by atoms with Crippen LogP contribution < -0.4 is 5.32 Å². The van der Waals surface area contributed by atoms with Gasteiger partial charge in [-0.2, -0.15) is 0 Å². The Bertz CT molecular complexity index is 1040. The van der Waals surface area contributed by atoms with E-state index in [0.29, 0.717) is 62.1 Å². The number of carbonyl (C=O) groups excluding carboxylic acids is 2. The van der Waals surface area contributed by atoms with Gasteiger partial charge in [-0.25, -0.2) is 4.79 Å². The van der Waals surface area contributed by atoms with Crippen LogP contribution in [0.15, 0.2) is 16.8 Å². The Morgan fingerprint density at radius 3 is 2.69 bits per heavy atom. The number of fused-ring (bicyclic) bond motifs is 5. The SMILES string of the molecule is C/C(=N\OC(=O)N(CCC1NCCC1O)C1COC1)[C@H]1CC[C@H]2[C@@H]3CCC4=CC(=O)CC[C@]4(C)[C@H]3CC[C@]12C. The van der Waals surface area contributed by atoms with Crippen molar-refractivity contribution in [2.75, 3.05) is 26.3 Å². The molecule has 2 unspecified atom stereocenters. The summed E-state index contributed by atoms with van der Waals surface area (Å²) in [6.45, 7) is 9.31. The van der Waals surface area contributed by atoms with E-state index in [9.17, 15) is 14.7 Å². The average Bonchev–Trinajstić information content (AvgIpc) is 3.46. The van der Waals surface area contributed by atoms with E-state index in [-0.39, 0.29) is 29.0 Å². The third-order valence-corrected chi connectivity index (χ3v) is 12.0. The van der Waals surface area contributed by atoms with Gasteiger partial charge in [0, 0.05) is 24.9 Å². The minimum absolute atomic E-state index is 0.0110.